The van der Waals surface area contributed by atoms with Gasteiger partial charge < -0.3 is 15.8 Å². The van der Waals surface area contributed by atoms with Crippen molar-refractivity contribution in [2.75, 3.05) is 0 Å². The molecule has 1 fully saturated rings. The average Bonchev–Trinajstić information content (AvgIpc) is 2.40. The van der Waals surface area contributed by atoms with Crippen molar-refractivity contribution < 1.29 is 5.11 Å². The van der Waals surface area contributed by atoms with E-state index in [9.17, 15) is 5.11 Å². The van der Waals surface area contributed by atoms with E-state index < -0.39 is 0 Å². The maximum atomic E-state index is 9.51. The zero-order chi connectivity index (χ0) is 13.8. The molecule has 0 radical (unpaired) electrons. The van der Waals surface area contributed by atoms with Crippen LogP contribution in [0.3, 0.4) is 0 Å². The van der Waals surface area contributed by atoms with Gasteiger partial charge in [-0.05, 0) is 43.7 Å². The molecule has 2 aliphatic rings. The minimum absolute atomic E-state index is 0.000758. The highest BCUT2D eigenvalue weighted by Gasteiger charge is 2.29. The van der Waals surface area contributed by atoms with E-state index in [1.807, 2.05) is 6.92 Å². The lowest BCUT2D eigenvalue weighted by Crippen LogP contribution is -2.45. The molecule has 0 aromatic carbocycles. The quantitative estimate of drug-likeness (QED) is 0.547. The van der Waals surface area contributed by atoms with E-state index in [4.69, 9.17) is 22.0 Å². The van der Waals surface area contributed by atoms with Gasteiger partial charge in [-0.25, -0.2) is 0 Å². The largest absolute Gasteiger partial charge is 0.393 e. The van der Waals surface area contributed by atoms with Crippen LogP contribution in [0.15, 0.2) is 9.98 Å². The molecule has 5 nitrogen and oxygen atoms in total. The van der Waals surface area contributed by atoms with Crippen LogP contribution in [-0.4, -0.2) is 40.6 Å². The van der Waals surface area contributed by atoms with Gasteiger partial charge in [0.25, 0.3) is 0 Å². The second kappa shape index (κ2) is 6.48. The summed E-state index contributed by atoms with van der Waals surface area (Å²) in [5, 5.41) is 20.4. The highest BCUT2D eigenvalue weighted by atomic mass is 35.5. The van der Waals surface area contributed by atoms with Crippen molar-refractivity contribution in [2.45, 2.75) is 57.2 Å². The van der Waals surface area contributed by atoms with Crippen molar-refractivity contribution in [1.82, 2.24) is 5.32 Å². The van der Waals surface area contributed by atoms with Crippen LogP contribution < -0.4 is 5.32 Å². The number of halogens is 1. The summed E-state index contributed by atoms with van der Waals surface area (Å²) in [4.78, 5) is 9.02. The molecule has 3 N–H and O–H groups in total. The third kappa shape index (κ3) is 3.54. The molecule has 0 bridgehead atoms. The number of aliphatic imine (C=N–C) groups is 2. The fourth-order valence-electron chi connectivity index (χ4n) is 2.67. The van der Waals surface area contributed by atoms with Gasteiger partial charge in [0.15, 0.2) is 5.29 Å². The van der Waals surface area contributed by atoms with Crippen LogP contribution in [0.4, 0.5) is 0 Å². The third-order valence-corrected chi connectivity index (χ3v) is 4.02. The van der Waals surface area contributed by atoms with E-state index in [2.05, 4.69) is 10.3 Å². The Labute approximate surface area is 118 Å². The molecule has 0 aromatic heterocycles. The molecule has 1 aliphatic carbocycles. The lowest BCUT2D eigenvalue weighted by atomic mass is 9.92. The molecule has 0 saturated heterocycles. The standard InChI is InChI=1S/C13H21ClN4O/c1-2-11-10(7-15)12(18-13(14)17-11)16-8-3-5-9(19)6-4-8/h7-11,15,19H,2-6H2,1H3,(H,16,17,18). The first-order valence-electron chi connectivity index (χ1n) is 6.90. The number of rotatable bonds is 3. The van der Waals surface area contributed by atoms with Gasteiger partial charge in [-0.3, -0.25) is 9.98 Å². The van der Waals surface area contributed by atoms with Gasteiger partial charge >= 0.3 is 0 Å². The predicted octanol–water partition coefficient (Wildman–Crippen LogP) is 1.93. The summed E-state index contributed by atoms with van der Waals surface area (Å²) in [6, 6.07) is 0.215. The maximum Gasteiger partial charge on any atom is 0.196 e. The molecule has 2 unspecified atom stereocenters. The Morgan fingerprint density at radius 3 is 2.74 bits per heavy atom. The Hall–Kier alpha value is -0.940. The fourth-order valence-corrected chi connectivity index (χ4v) is 2.89. The summed E-state index contributed by atoms with van der Waals surface area (Å²) < 4.78 is 0. The van der Waals surface area contributed by atoms with E-state index >= 15 is 0 Å². The molecule has 2 rings (SSSR count). The van der Waals surface area contributed by atoms with Gasteiger partial charge in [0.1, 0.15) is 5.84 Å². The van der Waals surface area contributed by atoms with Crippen LogP contribution in [0, 0.1) is 11.3 Å². The van der Waals surface area contributed by atoms with Crippen LogP contribution in [0.1, 0.15) is 39.0 Å². The number of amidine groups is 2. The van der Waals surface area contributed by atoms with E-state index in [0.29, 0.717) is 5.29 Å². The molecule has 1 aliphatic heterocycles. The maximum absolute atomic E-state index is 9.51. The van der Waals surface area contributed by atoms with E-state index in [1.54, 1.807) is 0 Å². The molecule has 0 aromatic rings. The van der Waals surface area contributed by atoms with Gasteiger partial charge in [-0.1, -0.05) is 6.92 Å². The van der Waals surface area contributed by atoms with Gasteiger partial charge in [-0.2, -0.15) is 0 Å². The minimum atomic E-state index is -0.178. The molecular weight excluding hydrogens is 264 g/mol. The molecule has 2 atom stereocenters. The van der Waals surface area contributed by atoms with E-state index in [1.165, 1.54) is 6.21 Å². The van der Waals surface area contributed by atoms with Crippen molar-refractivity contribution >= 4 is 28.9 Å². The summed E-state index contributed by atoms with van der Waals surface area (Å²) in [7, 11) is 0. The zero-order valence-electron chi connectivity index (χ0n) is 11.1. The van der Waals surface area contributed by atoms with Crippen LogP contribution in [-0.2, 0) is 0 Å². The Morgan fingerprint density at radius 2 is 2.16 bits per heavy atom. The SMILES string of the molecule is CCC1N=C(Cl)NC(=NC2CCC(O)CC2)C1C=N. The highest BCUT2D eigenvalue weighted by Crippen LogP contribution is 2.23. The number of hydrogen-bond donors (Lipinski definition) is 3. The fraction of sp³-hybridized carbons (Fsp3) is 0.769. The topological polar surface area (TPSA) is 80.8 Å². The molecule has 1 heterocycles. The van der Waals surface area contributed by atoms with Gasteiger partial charge in [0.05, 0.1) is 24.1 Å². The minimum Gasteiger partial charge on any atom is -0.393 e. The van der Waals surface area contributed by atoms with E-state index in [-0.39, 0.29) is 24.1 Å². The Balaban J connectivity index is 2.13. The van der Waals surface area contributed by atoms with Crippen LogP contribution in [0.25, 0.3) is 0 Å². The second-order valence-corrected chi connectivity index (χ2v) is 5.55. The molecule has 106 valence electrons. The normalized spacial score (nSPS) is 37.6. The van der Waals surface area contributed by atoms with Gasteiger partial charge in [0, 0.05) is 6.21 Å². The zero-order valence-corrected chi connectivity index (χ0v) is 11.9. The first-order valence-corrected chi connectivity index (χ1v) is 7.28. The van der Waals surface area contributed by atoms with Crippen molar-refractivity contribution in [2.24, 2.45) is 15.9 Å². The smallest absolute Gasteiger partial charge is 0.196 e. The van der Waals surface area contributed by atoms with Crippen molar-refractivity contribution in [3.8, 4) is 0 Å². The molecular formula is C13H21ClN4O. The van der Waals surface area contributed by atoms with Crippen LogP contribution in [0.5, 0.6) is 0 Å². The molecule has 0 spiro atoms. The third-order valence-electron chi connectivity index (χ3n) is 3.83. The number of hydrogen-bond acceptors (Lipinski definition) is 4. The first-order chi connectivity index (χ1) is 9.13. The lowest BCUT2D eigenvalue weighted by Gasteiger charge is -2.29. The molecule has 6 heteroatoms. The monoisotopic (exact) mass is 284 g/mol. The summed E-state index contributed by atoms with van der Waals surface area (Å²) in [6.45, 7) is 2.04. The lowest BCUT2D eigenvalue weighted by molar-refractivity contribution is 0.123. The summed E-state index contributed by atoms with van der Waals surface area (Å²) in [5.41, 5.74) is 0. The highest BCUT2D eigenvalue weighted by molar-refractivity contribution is 6.66. The van der Waals surface area contributed by atoms with Crippen LogP contribution >= 0.6 is 11.6 Å². The first kappa shape index (κ1) is 14.5. The van der Waals surface area contributed by atoms with Crippen molar-refractivity contribution in [1.29, 1.82) is 5.41 Å². The predicted molar refractivity (Wildman–Crippen MR) is 78.5 cm³/mol. The van der Waals surface area contributed by atoms with Gasteiger partial charge in [0.2, 0.25) is 0 Å². The summed E-state index contributed by atoms with van der Waals surface area (Å²) in [6.07, 6.45) is 5.43. The Bertz CT molecular complexity index is 388. The molecule has 19 heavy (non-hydrogen) atoms. The number of aliphatic hydroxyl groups is 1. The van der Waals surface area contributed by atoms with Gasteiger partial charge in [-0.15, -0.1) is 0 Å². The Morgan fingerprint density at radius 1 is 1.47 bits per heavy atom. The van der Waals surface area contributed by atoms with E-state index in [0.717, 1.165) is 37.9 Å². The molecule has 1 saturated carbocycles. The number of aliphatic hydroxyl groups excluding tert-OH is 1. The summed E-state index contributed by atoms with van der Waals surface area (Å²) >= 11 is 5.99. The second-order valence-electron chi connectivity index (χ2n) is 5.19. The number of nitrogens with one attached hydrogen (secondary N) is 2. The number of nitrogens with zero attached hydrogens (tertiary/aromatic N) is 2. The van der Waals surface area contributed by atoms with Crippen molar-refractivity contribution in [3.63, 3.8) is 0 Å². The molecule has 0 amide bonds. The summed E-state index contributed by atoms with van der Waals surface area (Å²) in [5.74, 6) is 0.641. The van der Waals surface area contributed by atoms with Crippen LogP contribution in [0.2, 0.25) is 0 Å². The average molecular weight is 285 g/mol. The Kier molecular flexibility index (Phi) is 4.93. The van der Waals surface area contributed by atoms with Crippen molar-refractivity contribution in [3.05, 3.63) is 0 Å².